The van der Waals surface area contributed by atoms with Gasteiger partial charge in [0.25, 0.3) is 0 Å². The van der Waals surface area contributed by atoms with Crippen molar-refractivity contribution >= 4 is 13.8 Å². The molecule has 256 valence electrons. The van der Waals surface area contributed by atoms with Crippen LogP contribution in [0.5, 0.6) is 0 Å². The van der Waals surface area contributed by atoms with Gasteiger partial charge in [-0.05, 0) is 38.5 Å². The fraction of sp³-hybridized carbons (Fsp3) is 0.912. The fourth-order valence-corrected chi connectivity index (χ4v) is 5.58. The van der Waals surface area contributed by atoms with E-state index in [1.165, 1.54) is 109 Å². The molecule has 8 nitrogen and oxygen atoms in total. The third-order valence-electron chi connectivity index (χ3n) is 7.43. The first-order valence-electron chi connectivity index (χ1n) is 17.7. The van der Waals surface area contributed by atoms with E-state index in [1.807, 2.05) is 0 Å². The minimum Gasteiger partial charge on any atom is -0.457 e. The molecule has 0 spiro atoms. The number of esters is 1. The van der Waals surface area contributed by atoms with E-state index < -0.39 is 13.9 Å². The zero-order chi connectivity index (χ0) is 31.7. The second-order valence-corrected chi connectivity index (χ2v) is 13.2. The van der Waals surface area contributed by atoms with Crippen LogP contribution >= 0.6 is 7.82 Å². The fourth-order valence-electron chi connectivity index (χ4n) is 4.81. The maximum absolute atomic E-state index is 12.4. The molecule has 0 aliphatic rings. The van der Waals surface area contributed by atoms with Crippen LogP contribution in [0.3, 0.4) is 0 Å². The third kappa shape index (κ3) is 32.4. The molecule has 0 aromatic carbocycles. The molecule has 0 saturated carbocycles. The minimum atomic E-state index is -4.26. The van der Waals surface area contributed by atoms with Gasteiger partial charge in [-0.25, -0.2) is 4.57 Å². The smallest absolute Gasteiger partial charge is 0.457 e. The van der Waals surface area contributed by atoms with Crippen molar-refractivity contribution in [3.05, 3.63) is 12.2 Å². The van der Waals surface area contributed by atoms with E-state index in [9.17, 15) is 14.3 Å². The monoisotopic (exact) mass is 633 g/mol. The Morgan fingerprint density at radius 1 is 0.674 bits per heavy atom. The lowest BCUT2D eigenvalue weighted by molar-refractivity contribution is -0.154. The molecular weight excluding hydrogens is 565 g/mol. The van der Waals surface area contributed by atoms with Gasteiger partial charge in [0.05, 0.1) is 19.8 Å². The maximum atomic E-state index is 12.4. The van der Waals surface area contributed by atoms with Crippen LogP contribution in [0, 0.1) is 0 Å². The Bertz CT molecular complexity index is 677. The summed E-state index contributed by atoms with van der Waals surface area (Å²) < 4.78 is 33.2. The lowest BCUT2D eigenvalue weighted by Gasteiger charge is -2.20. The first-order valence-corrected chi connectivity index (χ1v) is 19.2. The van der Waals surface area contributed by atoms with Crippen molar-refractivity contribution in [2.75, 3.05) is 33.0 Å². The van der Waals surface area contributed by atoms with Crippen molar-refractivity contribution in [3.63, 3.8) is 0 Å². The van der Waals surface area contributed by atoms with Gasteiger partial charge in [0.2, 0.25) is 0 Å². The number of nitrogens with two attached hydrogens (primary N) is 1. The number of hydrogen-bond donors (Lipinski definition) is 2. The SMILES string of the molecule is CCCCCCC/C=C\CCCCCCCCOCC(COP(=O)(O)OCCN)OC(=O)CCCCCCCCCCC. The lowest BCUT2D eigenvalue weighted by Crippen LogP contribution is -2.28. The Kier molecular flexibility index (Phi) is 32.1. The molecule has 0 aliphatic carbocycles. The van der Waals surface area contributed by atoms with Crippen LogP contribution in [0.4, 0.5) is 0 Å². The number of phosphoric ester groups is 1. The van der Waals surface area contributed by atoms with Gasteiger partial charge in [0, 0.05) is 19.6 Å². The van der Waals surface area contributed by atoms with Gasteiger partial charge in [0.15, 0.2) is 0 Å². The van der Waals surface area contributed by atoms with Crippen molar-refractivity contribution in [2.24, 2.45) is 5.73 Å². The second kappa shape index (κ2) is 32.6. The average molecular weight is 634 g/mol. The zero-order valence-electron chi connectivity index (χ0n) is 28.0. The normalized spacial score (nSPS) is 13.9. The summed E-state index contributed by atoms with van der Waals surface area (Å²) in [5.74, 6) is -0.336. The van der Waals surface area contributed by atoms with Crippen molar-refractivity contribution in [1.29, 1.82) is 0 Å². The van der Waals surface area contributed by atoms with E-state index in [2.05, 4.69) is 26.0 Å². The zero-order valence-corrected chi connectivity index (χ0v) is 28.8. The number of carbonyl (C=O) groups excluding carboxylic acids is 1. The van der Waals surface area contributed by atoms with E-state index in [0.717, 1.165) is 32.1 Å². The molecule has 0 aliphatic heterocycles. The molecule has 0 bridgehead atoms. The first-order chi connectivity index (χ1) is 20.9. The van der Waals surface area contributed by atoms with Crippen molar-refractivity contribution in [3.8, 4) is 0 Å². The van der Waals surface area contributed by atoms with Gasteiger partial charge < -0.3 is 20.1 Å². The molecule has 0 aromatic rings. The molecule has 0 rings (SSSR count). The Morgan fingerprint density at radius 3 is 1.70 bits per heavy atom. The lowest BCUT2D eigenvalue weighted by atomic mass is 10.1. The summed E-state index contributed by atoms with van der Waals surface area (Å²) in [7, 11) is -4.26. The Labute approximate surface area is 264 Å². The van der Waals surface area contributed by atoms with Gasteiger partial charge in [-0.15, -0.1) is 0 Å². The number of ether oxygens (including phenoxy) is 2. The highest BCUT2D eigenvalue weighted by atomic mass is 31.2. The van der Waals surface area contributed by atoms with Crippen molar-refractivity contribution in [2.45, 2.75) is 168 Å². The quantitative estimate of drug-likeness (QED) is 0.0311. The van der Waals surface area contributed by atoms with E-state index in [1.54, 1.807) is 0 Å². The molecule has 0 fully saturated rings. The Morgan fingerprint density at radius 2 is 1.16 bits per heavy atom. The number of rotatable bonds is 34. The highest BCUT2D eigenvalue weighted by molar-refractivity contribution is 7.47. The van der Waals surface area contributed by atoms with E-state index >= 15 is 0 Å². The van der Waals surface area contributed by atoms with Gasteiger partial charge in [-0.3, -0.25) is 13.8 Å². The second-order valence-electron chi connectivity index (χ2n) is 11.7. The summed E-state index contributed by atoms with van der Waals surface area (Å²) >= 11 is 0. The summed E-state index contributed by atoms with van der Waals surface area (Å²) in [6.45, 7) is 4.88. The molecule has 0 saturated heterocycles. The standard InChI is InChI=1S/C34H68NO7P/c1-3-5-7-9-11-13-14-15-16-17-18-20-22-24-26-29-39-31-33(32-41-43(37,38)40-30-28-35)42-34(36)27-25-23-21-19-12-10-8-6-4-2/h14-15,33H,3-13,16-32,35H2,1-2H3,(H,37,38)/b15-14-. The molecule has 43 heavy (non-hydrogen) atoms. The predicted molar refractivity (Wildman–Crippen MR) is 178 cm³/mol. The third-order valence-corrected chi connectivity index (χ3v) is 8.42. The number of hydrogen-bond acceptors (Lipinski definition) is 7. The maximum Gasteiger partial charge on any atom is 0.472 e. The molecule has 0 radical (unpaired) electrons. The molecule has 0 heterocycles. The first kappa shape index (κ1) is 42.2. The summed E-state index contributed by atoms with van der Waals surface area (Å²) in [6, 6.07) is 0. The largest absolute Gasteiger partial charge is 0.472 e. The summed E-state index contributed by atoms with van der Waals surface area (Å²) in [5.41, 5.74) is 5.33. The minimum absolute atomic E-state index is 0.0940. The Balaban J connectivity index is 4.08. The summed E-state index contributed by atoms with van der Waals surface area (Å²) in [6.07, 6.45) is 30.8. The molecule has 3 N–H and O–H groups in total. The van der Waals surface area contributed by atoms with Crippen LogP contribution in [0.15, 0.2) is 12.2 Å². The van der Waals surface area contributed by atoms with Crippen LogP contribution in [0.2, 0.25) is 0 Å². The van der Waals surface area contributed by atoms with Gasteiger partial charge in [-0.2, -0.15) is 0 Å². The Hall–Kier alpha value is -0.760. The van der Waals surface area contributed by atoms with Gasteiger partial charge in [-0.1, -0.05) is 129 Å². The highest BCUT2D eigenvalue weighted by Gasteiger charge is 2.25. The van der Waals surface area contributed by atoms with Crippen LogP contribution in [-0.2, 0) is 27.9 Å². The molecule has 0 aromatic heterocycles. The number of allylic oxidation sites excluding steroid dienone is 2. The van der Waals surface area contributed by atoms with E-state index in [0.29, 0.717) is 13.0 Å². The molecular formula is C34H68NO7P. The average Bonchev–Trinajstić information content (AvgIpc) is 2.99. The predicted octanol–water partition coefficient (Wildman–Crippen LogP) is 9.58. The number of phosphoric acid groups is 1. The van der Waals surface area contributed by atoms with E-state index in [-0.39, 0.29) is 32.3 Å². The molecule has 9 heteroatoms. The van der Waals surface area contributed by atoms with Gasteiger partial charge in [0.1, 0.15) is 6.10 Å². The van der Waals surface area contributed by atoms with Crippen LogP contribution in [0.25, 0.3) is 0 Å². The molecule has 0 amide bonds. The summed E-state index contributed by atoms with van der Waals surface area (Å²) in [5, 5.41) is 0. The van der Waals surface area contributed by atoms with E-state index in [4.69, 9.17) is 24.3 Å². The topological polar surface area (TPSA) is 117 Å². The highest BCUT2D eigenvalue weighted by Crippen LogP contribution is 2.43. The summed E-state index contributed by atoms with van der Waals surface area (Å²) in [4.78, 5) is 22.2. The number of unbranched alkanes of at least 4 members (excludes halogenated alkanes) is 19. The van der Waals surface area contributed by atoms with Crippen molar-refractivity contribution in [1.82, 2.24) is 0 Å². The van der Waals surface area contributed by atoms with Crippen LogP contribution in [-0.4, -0.2) is 49.9 Å². The van der Waals surface area contributed by atoms with Crippen LogP contribution in [0.1, 0.15) is 162 Å². The molecule has 2 unspecified atom stereocenters. The van der Waals surface area contributed by atoms with Crippen LogP contribution < -0.4 is 5.73 Å². The number of carbonyl (C=O) groups is 1. The molecule has 2 atom stereocenters. The van der Waals surface area contributed by atoms with Crippen molar-refractivity contribution < 1.29 is 32.8 Å². The van der Waals surface area contributed by atoms with Gasteiger partial charge >= 0.3 is 13.8 Å².